The summed E-state index contributed by atoms with van der Waals surface area (Å²) in [5, 5.41) is 0. The highest BCUT2D eigenvalue weighted by Crippen LogP contribution is 2.27. The van der Waals surface area contributed by atoms with E-state index in [0.717, 1.165) is 48.7 Å². The van der Waals surface area contributed by atoms with E-state index in [4.69, 9.17) is 4.74 Å². The van der Waals surface area contributed by atoms with Crippen molar-refractivity contribution in [3.05, 3.63) is 58.4 Å². The molecule has 2 aromatic rings. The van der Waals surface area contributed by atoms with Gasteiger partial charge in [0.2, 0.25) is 0 Å². The van der Waals surface area contributed by atoms with Gasteiger partial charge in [0, 0.05) is 0 Å². The fraction of sp³-hybridized carbons (Fsp3) is 0.294. The van der Waals surface area contributed by atoms with Crippen molar-refractivity contribution in [2.45, 2.75) is 32.3 Å². The molecule has 1 aliphatic rings. The van der Waals surface area contributed by atoms with Gasteiger partial charge in [-0.3, -0.25) is 4.79 Å². The normalized spacial score (nSPS) is 13.5. The minimum atomic E-state index is -0.384. The molecule has 0 fully saturated rings. The number of aldehydes is 1. The Labute approximate surface area is 123 Å². The van der Waals surface area contributed by atoms with E-state index in [1.165, 1.54) is 0 Å². The van der Waals surface area contributed by atoms with E-state index in [2.05, 4.69) is 4.98 Å². The number of H-pyrrole nitrogens is 1. The zero-order chi connectivity index (χ0) is 14.7. The van der Waals surface area contributed by atoms with E-state index < -0.39 is 0 Å². The van der Waals surface area contributed by atoms with Crippen molar-refractivity contribution in [1.82, 2.24) is 4.98 Å². The summed E-state index contributed by atoms with van der Waals surface area (Å²) in [4.78, 5) is 26.3. The number of fused-ring (bicyclic) bond motifs is 1. The highest BCUT2D eigenvalue weighted by molar-refractivity contribution is 5.92. The Morgan fingerprint density at radius 1 is 1.14 bits per heavy atom. The molecule has 0 aliphatic heterocycles. The van der Waals surface area contributed by atoms with Crippen LogP contribution in [-0.2, 0) is 24.2 Å². The summed E-state index contributed by atoms with van der Waals surface area (Å²) in [5.74, 6) is -0.384. The molecule has 21 heavy (non-hydrogen) atoms. The largest absolute Gasteiger partial charge is 0.456 e. The Morgan fingerprint density at radius 2 is 1.86 bits per heavy atom. The van der Waals surface area contributed by atoms with Gasteiger partial charge in [0.15, 0.2) is 6.29 Å². The number of rotatable bonds is 4. The lowest BCUT2D eigenvalue weighted by molar-refractivity contribution is 0.0465. The summed E-state index contributed by atoms with van der Waals surface area (Å²) in [6.07, 6.45) is 4.58. The number of hydrogen-bond acceptors (Lipinski definition) is 3. The molecule has 0 saturated heterocycles. The Morgan fingerprint density at radius 3 is 2.57 bits per heavy atom. The minimum Gasteiger partial charge on any atom is -0.456 e. The molecule has 0 bridgehead atoms. The molecular formula is C17H17NO3. The first-order valence-corrected chi connectivity index (χ1v) is 7.19. The maximum atomic E-state index is 12.2. The molecule has 1 aliphatic carbocycles. The maximum Gasteiger partial charge on any atom is 0.355 e. The van der Waals surface area contributed by atoms with Gasteiger partial charge in [-0.25, -0.2) is 4.79 Å². The van der Waals surface area contributed by atoms with Crippen molar-refractivity contribution in [2.75, 3.05) is 0 Å². The second-order valence-corrected chi connectivity index (χ2v) is 5.26. The molecular weight excluding hydrogens is 266 g/mol. The predicted octanol–water partition coefficient (Wildman–Crippen LogP) is 3.06. The number of aromatic amines is 1. The van der Waals surface area contributed by atoms with Gasteiger partial charge in [-0.1, -0.05) is 30.3 Å². The topological polar surface area (TPSA) is 59.2 Å². The zero-order valence-corrected chi connectivity index (χ0v) is 11.7. The van der Waals surface area contributed by atoms with Crippen LogP contribution >= 0.6 is 0 Å². The van der Waals surface area contributed by atoms with Gasteiger partial charge in [0.1, 0.15) is 12.3 Å². The maximum absolute atomic E-state index is 12.2. The quantitative estimate of drug-likeness (QED) is 0.693. The van der Waals surface area contributed by atoms with Gasteiger partial charge in [-0.15, -0.1) is 0 Å². The second-order valence-electron chi connectivity index (χ2n) is 5.26. The smallest absolute Gasteiger partial charge is 0.355 e. The van der Waals surface area contributed by atoms with Crippen LogP contribution < -0.4 is 0 Å². The Bertz CT molecular complexity index is 658. The number of hydrogen-bond donors (Lipinski definition) is 1. The van der Waals surface area contributed by atoms with E-state index in [1.54, 1.807) is 0 Å². The summed E-state index contributed by atoms with van der Waals surface area (Å²) in [6.45, 7) is 0.240. The molecule has 1 N–H and O–H groups in total. The average molecular weight is 283 g/mol. The van der Waals surface area contributed by atoms with E-state index >= 15 is 0 Å². The van der Waals surface area contributed by atoms with Gasteiger partial charge >= 0.3 is 5.97 Å². The van der Waals surface area contributed by atoms with Crippen molar-refractivity contribution >= 4 is 12.3 Å². The molecule has 1 aromatic heterocycles. The second kappa shape index (κ2) is 5.95. The molecule has 1 heterocycles. The van der Waals surface area contributed by atoms with Gasteiger partial charge in [-0.2, -0.15) is 0 Å². The predicted molar refractivity (Wildman–Crippen MR) is 78.4 cm³/mol. The Kier molecular flexibility index (Phi) is 3.86. The van der Waals surface area contributed by atoms with Gasteiger partial charge in [0.25, 0.3) is 0 Å². The lowest BCUT2D eigenvalue weighted by Crippen LogP contribution is -2.10. The van der Waals surface area contributed by atoms with Crippen molar-refractivity contribution < 1.29 is 14.3 Å². The number of carbonyl (C=O) groups excluding carboxylic acids is 2. The highest BCUT2D eigenvalue weighted by Gasteiger charge is 2.24. The van der Waals surface area contributed by atoms with Crippen LogP contribution in [0.5, 0.6) is 0 Å². The standard InChI is InChI=1S/C17H17NO3/c19-10-15-13-8-4-5-9-14(13)16(18-15)17(20)21-11-12-6-2-1-3-7-12/h1-3,6-7,10,18H,4-5,8-9,11H2. The van der Waals surface area contributed by atoms with Crippen molar-refractivity contribution in [3.8, 4) is 0 Å². The van der Waals surface area contributed by atoms with Gasteiger partial charge in [-0.05, 0) is 42.4 Å². The summed E-state index contributed by atoms with van der Waals surface area (Å²) in [5.41, 5.74) is 3.87. The van der Waals surface area contributed by atoms with Crippen LogP contribution in [-0.4, -0.2) is 17.2 Å². The summed E-state index contributed by atoms with van der Waals surface area (Å²) in [7, 11) is 0. The lowest BCUT2D eigenvalue weighted by atomic mass is 9.92. The zero-order valence-electron chi connectivity index (χ0n) is 11.7. The number of carbonyl (C=O) groups is 2. The third kappa shape index (κ3) is 2.75. The fourth-order valence-electron chi connectivity index (χ4n) is 2.83. The molecule has 1 aromatic carbocycles. The number of ether oxygens (including phenoxy) is 1. The van der Waals surface area contributed by atoms with Crippen molar-refractivity contribution in [3.63, 3.8) is 0 Å². The molecule has 0 radical (unpaired) electrons. The van der Waals surface area contributed by atoms with E-state index in [0.29, 0.717) is 11.4 Å². The molecule has 4 nitrogen and oxygen atoms in total. The first-order valence-electron chi connectivity index (χ1n) is 7.19. The Balaban J connectivity index is 1.78. The molecule has 0 spiro atoms. The molecule has 0 amide bonds. The number of esters is 1. The molecule has 0 saturated carbocycles. The van der Waals surface area contributed by atoms with Crippen LogP contribution in [0.25, 0.3) is 0 Å². The van der Waals surface area contributed by atoms with Crippen LogP contribution in [0.1, 0.15) is 50.5 Å². The van der Waals surface area contributed by atoms with E-state index in [-0.39, 0.29) is 12.6 Å². The van der Waals surface area contributed by atoms with Gasteiger partial charge < -0.3 is 9.72 Å². The third-order valence-corrected chi connectivity index (χ3v) is 3.89. The van der Waals surface area contributed by atoms with Crippen LogP contribution in [0.4, 0.5) is 0 Å². The van der Waals surface area contributed by atoms with Crippen LogP contribution in [0.2, 0.25) is 0 Å². The van der Waals surface area contributed by atoms with Crippen LogP contribution in [0.15, 0.2) is 30.3 Å². The number of nitrogens with one attached hydrogen (secondary N) is 1. The monoisotopic (exact) mass is 283 g/mol. The first-order chi connectivity index (χ1) is 10.3. The Hall–Kier alpha value is -2.36. The van der Waals surface area contributed by atoms with E-state index in [9.17, 15) is 9.59 Å². The van der Waals surface area contributed by atoms with E-state index in [1.807, 2.05) is 30.3 Å². The molecule has 0 atom stereocenters. The molecule has 0 unspecified atom stereocenters. The molecule has 108 valence electrons. The van der Waals surface area contributed by atoms with Crippen LogP contribution in [0, 0.1) is 0 Å². The highest BCUT2D eigenvalue weighted by atomic mass is 16.5. The molecule has 4 heteroatoms. The fourth-order valence-corrected chi connectivity index (χ4v) is 2.83. The number of benzene rings is 1. The SMILES string of the molecule is O=Cc1[nH]c(C(=O)OCc2ccccc2)c2c1CCCC2. The third-order valence-electron chi connectivity index (χ3n) is 3.89. The lowest BCUT2D eigenvalue weighted by Gasteiger charge is -2.12. The summed E-state index contributed by atoms with van der Waals surface area (Å²) >= 11 is 0. The summed E-state index contributed by atoms with van der Waals surface area (Å²) < 4.78 is 5.35. The van der Waals surface area contributed by atoms with Crippen LogP contribution in [0.3, 0.4) is 0 Å². The molecule has 3 rings (SSSR count). The average Bonchev–Trinajstić information content (AvgIpc) is 2.92. The number of aromatic nitrogens is 1. The van der Waals surface area contributed by atoms with Crippen molar-refractivity contribution in [2.24, 2.45) is 0 Å². The minimum absolute atomic E-state index is 0.240. The summed E-state index contributed by atoms with van der Waals surface area (Å²) in [6, 6.07) is 9.56. The van der Waals surface area contributed by atoms with Gasteiger partial charge in [0.05, 0.1) is 5.69 Å². The first kappa shape index (κ1) is 13.6. The van der Waals surface area contributed by atoms with Crippen molar-refractivity contribution in [1.29, 1.82) is 0 Å².